The molecule has 0 fully saturated rings. The predicted molar refractivity (Wildman–Crippen MR) is 203 cm³/mol. The molecule has 48 heavy (non-hydrogen) atoms. The Kier molecular flexibility index (Phi) is 31.7. The Morgan fingerprint density at radius 2 is 1.12 bits per heavy atom. The van der Waals surface area contributed by atoms with E-state index in [0.29, 0.717) is 23.9 Å². The van der Waals surface area contributed by atoms with Crippen LogP contribution in [-0.4, -0.2) is 73.4 Å². The monoisotopic (exact) mass is 704 g/mol. The number of aliphatic hydroxyl groups excluding tert-OH is 1. The number of carbonyl (C=O) groups excluding carboxylic acids is 1. The first-order valence-corrected chi connectivity index (χ1v) is 21.5. The Balaban J connectivity index is 4.46. The molecule has 0 saturated heterocycles. The first-order valence-electron chi connectivity index (χ1n) is 20.1. The molecule has 0 aliphatic heterocycles. The van der Waals surface area contributed by atoms with Gasteiger partial charge in [-0.15, -0.1) is 0 Å². The number of hydrogen-bond donors (Lipinski definition) is 3. The Morgan fingerprint density at radius 1 is 0.688 bits per heavy atom. The molecule has 8 nitrogen and oxygen atoms in total. The van der Waals surface area contributed by atoms with E-state index in [4.69, 9.17) is 9.05 Å². The fourth-order valence-electron chi connectivity index (χ4n) is 5.74. The number of nitrogens with zero attached hydrogens (tertiary/aromatic N) is 1. The van der Waals surface area contributed by atoms with E-state index in [0.717, 1.165) is 44.9 Å². The minimum Gasteiger partial charge on any atom is -0.391 e. The molecule has 1 amide bonds. The van der Waals surface area contributed by atoms with Crippen LogP contribution in [0.15, 0.2) is 12.2 Å². The SMILES string of the molecule is CCCCCCCC/C=C/CCCC[C@@H](O)[C@H](COP(=O)(O)OCC[N+](C)(C)C)NC(=O)CCCCCCCCCCCCCCCC. The van der Waals surface area contributed by atoms with Crippen LogP contribution in [0.2, 0.25) is 0 Å². The Hall–Kier alpha value is -0.760. The van der Waals surface area contributed by atoms with Gasteiger partial charge in [0.1, 0.15) is 13.2 Å². The number of amides is 1. The topological polar surface area (TPSA) is 105 Å². The molecule has 9 heteroatoms. The Morgan fingerprint density at radius 3 is 1.60 bits per heavy atom. The third-order valence-corrected chi connectivity index (χ3v) is 10.00. The van der Waals surface area contributed by atoms with Crippen LogP contribution in [0, 0.1) is 0 Å². The van der Waals surface area contributed by atoms with Crippen molar-refractivity contribution in [3.8, 4) is 0 Å². The molecule has 3 atom stereocenters. The zero-order valence-corrected chi connectivity index (χ0v) is 33.1. The van der Waals surface area contributed by atoms with E-state index < -0.39 is 20.0 Å². The fourth-order valence-corrected chi connectivity index (χ4v) is 6.48. The van der Waals surface area contributed by atoms with Crippen molar-refractivity contribution in [3.05, 3.63) is 12.2 Å². The van der Waals surface area contributed by atoms with E-state index >= 15 is 0 Å². The van der Waals surface area contributed by atoms with Crippen LogP contribution in [0.4, 0.5) is 0 Å². The van der Waals surface area contributed by atoms with E-state index in [-0.39, 0.29) is 19.1 Å². The van der Waals surface area contributed by atoms with Crippen LogP contribution < -0.4 is 5.32 Å². The molecule has 0 aromatic rings. The number of unbranched alkanes of at least 4 members (excludes halogenated alkanes) is 21. The lowest BCUT2D eigenvalue weighted by molar-refractivity contribution is -0.870. The van der Waals surface area contributed by atoms with Gasteiger partial charge in [0.2, 0.25) is 5.91 Å². The molecule has 0 rings (SSSR count). The predicted octanol–water partition coefficient (Wildman–Crippen LogP) is 10.4. The molecule has 0 aliphatic rings. The van der Waals surface area contributed by atoms with Crippen LogP contribution >= 0.6 is 7.82 Å². The molecular formula is C39H80N2O6P+. The van der Waals surface area contributed by atoms with Gasteiger partial charge in [-0.3, -0.25) is 13.8 Å². The van der Waals surface area contributed by atoms with Crippen molar-refractivity contribution < 1.29 is 32.9 Å². The molecule has 0 aromatic carbocycles. The standard InChI is InChI=1S/C39H79N2O6P/c1-6-8-10-12-14-16-18-20-21-23-25-27-29-31-33-39(43)40-37(36-47-48(44,45)46-35-34-41(3,4)5)38(42)32-30-28-26-24-22-19-17-15-13-11-9-7-2/h22,24,37-38,42H,6-21,23,25-36H2,1-5H3,(H-,40,43,44,45)/p+1/b24-22+/t37-,38+/m0/s1. The summed E-state index contributed by atoms with van der Waals surface area (Å²) in [6.07, 6.45) is 33.7. The van der Waals surface area contributed by atoms with Gasteiger partial charge in [-0.05, 0) is 38.5 Å². The lowest BCUT2D eigenvalue weighted by atomic mass is 10.0. The van der Waals surface area contributed by atoms with E-state index in [1.165, 1.54) is 109 Å². The summed E-state index contributed by atoms with van der Waals surface area (Å²) in [5.41, 5.74) is 0. The highest BCUT2D eigenvalue weighted by molar-refractivity contribution is 7.47. The number of quaternary nitrogens is 1. The second-order valence-electron chi connectivity index (χ2n) is 15.0. The van der Waals surface area contributed by atoms with Crippen LogP contribution in [-0.2, 0) is 18.4 Å². The largest absolute Gasteiger partial charge is 0.472 e. The van der Waals surface area contributed by atoms with Gasteiger partial charge in [0.05, 0.1) is 39.9 Å². The zero-order valence-electron chi connectivity index (χ0n) is 32.2. The maximum atomic E-state index is 12.8. The van der Waals surface area contributed by atoms with E-state index in [1.807, 2.05) is 21.1 Å². The highest BCUT2D eigenvalue weighted by atomic mass is 31.2. The molecule has 3 N–H and O–H groups in total. The number of phosphoric acid groups is 1. The molecule has 0 radical (unpaired) electrons. The van der Waals surface area contributed by atoms with Crippen molar-refractivity contribution in [1.82, 2.24) is 5.32 Å². The molecule has 0 aromatic heterocycles. The number of phosphoric ester groups is 1. The third kappa shape index (κ3) is 33.7. The molecule has 1 unspecified atom stereocenters. The highest BCUT2D eigenvalue weighted by Crippen LogP contribution is 2.43. The second-order valence-corrected chi connectivity index (χ2v) is 16.5. The first kappa shape index (κ1) is 47.2. The van der Waals surface area contributed by atoms with Gasteiger partial charge in [0.25, 0.3) is 0 Å². The molecule has 0 saturated carbocycles. The maximum Gasteiger partial charge on any atom is 0.472 e. The van der Waals surface area contributed by atoms with E-state index in [1.54, 1.807) is 0 Å². The van der Waals surface area contributed by atoms with E-state index in [9.17, 15) is 19.4 Å². The fraction of sp³-hybridized carbons (Fsp3) is 0.923. The molecular weight excluding hydrogens is 623 g/mol. The van der Waals surface area contributed by atoms with Crippen LogP contribution in [0.25, 0.3) is 0 Å². The number of allylic oxidation sites excluding steroid dienone is 2. The molecule has 0 spiro atoms. The summed E-state index contributed by atoms with van der Waals surface area (Å²) >= 11 is 0. The van der Waals surface area contributed by atoms with Crippen molar-refractivity contribution in [2.24, 2.45) is 0 Å². The lowest BCUT2D eigenvalue weighted by Crippen LogP contribution is -2.46. The summed E-state index contributed by atoms with van der Waals surface area (Å²) in [5, 5.41) is 13.9. The zero-order chi connectivity index (χ0) is 35.8. The van der Waals surface area contributed by atoms with Crippen molar-refractivity contribution in [1.29, 1.82) is 0 Å². The Bertz CT molecular complexity index is 804. The number of carbonyl (C=O) groups is 1. The number of likely N-dealkylation sites (N-methyl/N-ethyl adjacent to an activating group) is 1. The average Bonchev–Trinajstić information content (AvgIpc) is 3.02. The molecule has 0 aliphatic carbocycles. The van der Waals surface area contributed by atoms with Crippen molar-refractivity contribution in [3.63, 3.8) is 0 Å². The summed E-state index contributed by atoms with van der Waals surface area (Å²) in [7, 11) is 1.60. The van der Waals surface area contributed by atoms with E-state index in [2.05, 4.69) is 31.3 Å². The van der Waals surface area contributed by atoms with Crippen molar-refractivity contribution >= 4 is 13.7 Å². The van der Waals surface area contributed by atoms with Gasteiger partial charge in [-0.1, -0.05) is 148 Å². The minimum absolute atomic E-state index is 0.0718. The van der Waals surface area contributed by atoms with Crippen molar-refractivity contribution in [2.75, 3.05) is 40.9 Å². The van der Waals surface area contributed by atoms with Crippen molar-refractivity contribution in [2.45, 2.75) is 193 Å². The van der Waals surface area contributed by atoms with Gasteiger partial charge in [0, 0.05) is 6.42 Å². The van der Waals surface area contributed by atoms with Crippen LogP contribution in [0.5, 0.6) is 0 Å². The smallest absolute Gasteiger partial charge is 0.391 e. The van der Waals surface area contributed by atoms with Crippen LogP contribution in [0.3, 0.4) is 0 Å². The summed E-state index contributed by atoms with van der Waals surface area (Å²) in [6, 6.07) is -0.769. The Labute approximate surface area is 297 Å². The molecule has 286 valence electrons. The van der Waals surface area contributed by atoms with Gasteiger partial charge in [0.15, 0.2) is 0 Å². The van der Waals surface area contributed by atoms with Gasteiger partial charge in [-0.2, -0.15) is 0 Å². The normalized spacial score (nSPS) is 14.7. The average molecular weight is 704 g/mol. The summed E-state index contributed by atoms with van der Waals surface area (Å²) in [5.74, 6) is -0.155. The van der Waals surface area contributed by atoms with Gasteiger partial charge < -0.3 is 19.8 Å². The summed E-state index contributed by atoms with van der Waals surface area (Å²) in [6.45, 7) is 4.84. The summed E-state index contributed by atoms with van der Waals surface area (Å²) in [4.78, 5) is 23.0. The number of aliphatic hydroxyl groups is 1. The third-order valence-electron chi connectivity index (χ3n) is 9.01. The van der Waals surface area contributed by atoms with Gasteiger partial charge >= 0.3 is 7.82 Å². The number of nitrogens with one attached hydrogen (secondary N) is 1. The second kappa shape index (κ2) is 32.2. The number of hydrogen-bond acceptors (Lipinski definition) is 5. The van der Waals surface area contributed by atoms with Gasteiger partial charge in [-0.25, -0.2) is 4.57 Å². The maximum absolute atomic E-state index is 12.8. The minimum atomic E-state index is -4.31. The quantitative estimate of drug-likeness (QED) is 0.0260. The molecule has 0 heterocycles. The lowest BCUT2D eigenvalue weighted by Gasteiger charge is -2.26. The highest BCUT2D eigenvalue weighted by Gasteiger charge is 2.28. The van der Waals surface area contributed by atoms with Crippen LogP contribution in [0.1, 0.15) is 181 Å². The molecule has 0 bridgehead atoms. The number of rotatable bonds is 36. The summed E-state index contributed by atoms with van der Waals surface area (Å²) < 4.78 is 23.5. The first-order chi connectivity index (χ1) is 23.0.